The number of carbonyl (C=O) groups excluding carboxylic acids is 2. The van der Waals surface area contributed by atoms with Gasteiger partial charge >= 0.3 is 0 Å². The zero-order chi connectivity index (χ0) is 17.3. The van der Waals surface area contributed by atoms with E-state index in [1.165, 1.54) is 18.2 Å². The van der Waals surface area contributed by atoms with E-state index in [-0.39, 0.29) is 17.5 Å². The number of para-hydroxylation sites is 1. The molecule has 0 radical (unpaired) electrons. The summed E-state index contributed by atoms with van der Waals surface area (Å²) >= 11 is 5.70. The third-order valence-electron chi connectivity index (χ3n) is 3.94. The molecule has 7 heteroatoms. The molecule has 0 fully saturated rings. The van der Waals surface area contributed by atoms with Gasteiger partial charge in [-0.05, 0) is 29.8 Å². The van der Waals surface area contributed by atoms with Crippen LogP contribution in [0.1, 0.15) is 11.5 Å². The van der Waals surface area contributed by atoms with Crippen LogP contribution in [0, 0.1) is 5.82 Å². The zero-order valence-corrected chi connectivity index (χ0v) is 13.4. The van der Waals surface area contributed by atoms with Crippen LogP contribution in [0.5, 0.6) is 0 Å². The average molecular weight is 348 g/mol. The van der Waals surface area contributed by atoms with Crippen LogP contribution in [-0.2, 0) is 9.59 Å². The summed E-state index contributed by atoms with van der Waals surface area (Å²) in [6.07, 6.45) is 0. The normalized spacial score (nSPS) is 15.9. The van der Waals surface area contributed by atoms with Gasteiger partial charge in [-0.2, -0.15) is 0 Å². The summed E-state index contributed by atoms with van der Waals surface area (Å²) in [5.41, 5.74) is 7.49. The topological polar surface area (TPSA) is 75.4 Å². The van der Waals surface area contributed by atoms with Gasteiger partial charge < -0.3 is 16.0 Å². The van der Waals surface area contributed by atoms with E-state index in [0.717, 1.165) is 11.3 Å². The smallest absolute Gasteiger partial charge is 0.243 e. The van der Waals surface area contributed by atoms with Crippen LogP contribution in [-0.4, -0.2) is 24.9 Å². The van der Waals surface area contributed by atoms with Crippen molar-refractivity contribution in [1.82, 2.24) is 0 Å². The van der Waals surface area contributed by atoms with Crippen molar-refractivity contribution >= 4 is 34.8 Å². The summed E-state index contributed by atoms with van der Waals surface area (Å²) in [5, 5.41) is 2.60. The second-order valence-electron chi connectivity index (χ2n) is 5.57. The number of primary amides is 1. The van der Waals surface area contributed by atoms with Crippen LogP contribution in [0.15, 0.2) is 42.5 Å². The molecule has 1 heterocycles. The van der Waals surface area contributed by atoms with Crippen molar-refractivity contribution < 1.29 is 14.0 Å². The SMILES string of the molecule is NC(=O)[C@@H]1CN(CC(=O)Nc2ccc(F)c(Cl)c2)c2ccccc21. The molecule has 2 aromatic rings. The molecule has 0 saturated carbocycles. The van der Waals surface area contributed by atoms with Crippen molar-refractivity contribution in [3.63, 3.8) is 0 Å². The van der Waals surface area contributed by atoms with Gasteiger partial charge in [0, 0.05) is 17.9 Å². The number of nitrogens with one attached hydrogen (secondary N) is 1. The van der Waals surface area contributed by atoms with E-state index < -0.39 is 17.6 Å². The second kappa shape index (κ2) is 6.49. The molecule has 0 aromatic heterocycles. The van der Waals surface area contributed by atoms with Gasteiger partial charge in [-0.3, -0.25) is 9.59 Å². The van der Waals surface area contributed by atoms with Gasteiger partial charge in [-0.1, -0.05) is 29.8 Å². The molecular weight excluding hydrogens is 333 g/mol. The fraction of sp³-hybridized carbons (Fsp3) is 0.176. The monoisotopic (exact) mass is 347 g/mol. The lowest BCUT2D eigenvalue weighted by molar-refractivity contribution is -0.119. The Morgan fingerprint density at radius 3 is 2.75 bits per heavy atom. The van der Waals surface area contributed by atoms with Gasteiger partial charge in [0.1, 0.15) is 5.82 Å². The summed E-state index contributed by atoms with van der Waals surface area (Å²) in [4.78, 5) is 25.6. The first-order valence-corrected chi connectivity index (χ1v) is 7.71. The molecule has 124 valence electrons. The standard InChI is InChI=1S/C17H15ClFN3O2/c18-13-7-10(5-6-14(13)19)21-16(23)9-22-8-12(17(20)24)11-3-1-2-4-15(11)22/h1-7,12H,8-9H2,(H2,20,24)(H,21,23)/t12-/m1/s1. The summed E-state index contributed by atoms with van der Waals surface area (Å²) in [5.74, 6) is -1.70. The Bertz CT molecular complexity index is 812. The predicted molar refractivity (Wildman–Crippen MR) is 90.6 cm³/mol. The fourth-order valence-corrected chi connectivity index (χ4v) is 3.01. The largest absolute Gasteiger partial charge is 0.369 e. The number of rotatable bonds is 4. The first-order valence-electron chi connectivity index (χ1n) is 7.34. The number of carbonyl (C=O) groups is 2. The molecule has 0 unspecified atom stereocenters. The number of hydrogen-bond donors (Lipinski definition) is 2. The summed E-state index contributed by atoms with van der Waals surface area (Å²) in [7, 11) is 0. The molecular formula is C17H15ClFN3O2. The van der Waals surface area contributed by atoms with Crippen LogP contribution < -0.4 is 16.0 Å². The van der Waals surface area contributed by atoms with Crippen LogP contribution in [0.3, 0.4) is 0 Å². The molecule has 3 rings (SSSR count). The van der Waals surface area contributed by atoms with Crippen molar-refractivity contribution in [2.75, 3.05) is 23.3 Å². The third kappa shape index (κ3) is 3.19. The molecule has 24 heavy (non-hydrogen) atoms. The highest BCUT2D eigenvalue weighted by atomic mass is 35.5. The van der Waals surface area contributed by atoms with Gasteiger partial charge in [-0.25, -0.2) is 4.39 Å². The van der Waals surface area contributed by atoms with E-state index in [2.05, 4.69) is 5.32 Å². The van der Waals surface area contributed by atoms with Crippen LogP contribution in [0.4, 0.5) is 15.8 Å². The molecule has 2 amide bonds. The molecule has 0 spiro atoms. The highest BCUT2D eigenvalue weighted by molar-refractivity contribution is 6.31. The van der Waals surface area contributed by atoms with Crippen LogP contribution >= 0.6 is 11.6 Å². The molecule has 0 aliphatic carbocycles. The number of nitrogens with two attached hydrogens (primary N) is 1. The number of nitrogens with zero attached hydrogens (tertiary/aromatic N) is 1. The Balaban J connectivity index is 1.73. The molecule has 1 aliphatic heterocycles. The first kappa shape index (κ1) is 16.3. The Hall–Kier alpha value is -2.60. The predicted octanol–water partition coefficient (Wildman–Crippen LogP) is 2.51. The number of fused-ring (bicyclic) bond motifs is 1. The van der Waals surface area contributed by atoms with E-state index in [1.807, 2.05) is 24.3 Å². The summed E-state index contributed by atoms with van der Waals surface area (Å²) in [6, 6.07) is 11.3. The van der Waals surface area contributed by atoms with E-state index in [9.17, 15) is 14.0 Å². The van der Waals surface area contributed by atoms with Gasteiger partial charge in [0.25, 0.3) is 0 Å². The van der Waals surface area contributed by atoms with E-state index >= 15 is 0 Å². The lowest BCUT2D eigenvalue weighted by Crippen LogP contribution is -2.34. The highest BCUT2D eigenvalue weighted by Crippen LogP contribution is 2.35. The lowest BCUT2D eigenvalue weighted by Gasteiger charge is -2.19. The number of amides is 2. The number of anilines is 2. The van der Waals surface area contributed by atoms with Crippen molar-refractivity contribution in [3.8, 4) is 0 Å². The zero-order valence-electron chi connectivity index (χ0n) is 12.6. The minimum absolute atomic E-state index is 0.0514. The van der Waals surface area contributed by atoms with Gasteiger partial charge in [-0.15, -0.1) is 0 Å². The van der Waals surface area contributed by atoms with Crippen molar-refractivity contribution in [2.24, 2.45) is 5.73 Å². The molecule has 2 aromatic carbocycles. The summed E-state index contributed by atoms with van der Waals surface area (Å²) < 4.78 is 13.2. The Morgan fingerprint density at radius 2 is 2.04 bits per heavy atom. The number of hydrogen-bond acceptors (Lipinski definition) is 3. The van der Waals surface area contributed by atoms with Gasteiger partial charge in [0.05, 0.1) is 17.5 Å². The van der Waals surface area contributed by atoms with Crippen LogP contribution in [0.25, 0.3) is 0 Å². The average Bonchev–Trinajstić information content (AvgIpc) is 2.90. The van der Waals surface area contributed by atoms with Gasteiger partial charge in [0.2, 0.25) is 11.8 Å². The molecule has 1 aliphatic rings. The third-order valence-corrected chi connectivity index (χ3v) is 4.23. The van der Waals surface area contributed by atoms with Crippen LogP contribution in [0.2, 0.25) is 5.02 Å². The second-order valence-corrected chi connectivity index (χ2v) is 5.98. The Labute approximate surface area is 143 Å². The number of halogens is 2. The minimum Gasteiger partial charge on any atom is -0.369 e. The maximum Gasteiger partial charge on any atom is 0.243 e. The molecule has 0 bridgehead atoms. The van der Waals surface area contributed by atoms with Gasteiger partial charge in [0.15, 0.2) is 0 Å². The van der Waals surface area contributed by atoms with E-state index in [1.54, 1.807) is 4.90 Å². The lowest BCUT2D eigenvalue weighted by atomic mass is 10.0. The quantitative estimate of drug-likeness (QED) is 0.892. The maximum atomic E-state index is 13.2. The molecule has 5 nitrogen and oxygen atoms in total. The van der Waals surface area contributed by atoms with Crippen molar-refractivity contribution in [2.45, 2.75) is 5.92 Å². The van der Waals surface area contributed by atoms with Crippen molar-refractivity contribution in [3.05, 3.63) is 58.9 Å². The molecule has 1 atom stereocenters. The molecule has 0 saturated heterocycles. The Kier molecular flexibility index (Phi) is 4.40. The fourth-order valence-electron chi connectivity index (χ4n) is 2.83. The van der Waals surface area contributed by atoms with Crippen molar-refractivity contribution in [1.29, 1.82) is 0 Å². The first-order chi connectivity index (χ1) is 11.5. The molecule has 3 N–H and O–H groups in total. The maximum absolute atomic E-state index is 13.2. The van der Waals surface area contributed by atoms with E-state index in [0.29, 0.717) is 12.2 Å². The number of benzene rings is 2. The minimum atomic E-state index is -0.549. The Morgan fingerprint density at radius 1 is 1.29 bits per heavy atom. The summed E-state index contributed by atoms with van der Waals surface area (Å²) in [6.45, 7) is 0.405. The van der Waals surface area contributed by atoms with E-state index in [4.69, 9.17) is 17.3 Å². The highest BCUT2D eigenvalue weighted by Gasteiger charge is 2.32.